The molecule has 0 aliphatic carbocycles. The van der Waals surface area contributed by atoms with Crippen molar-refractivity contribution in [3.05, 3.63) is 29.8 Å². The number of anilines is 1. The van der Waals surface area contributed by atoms with Gasteiger partial charge in [0.05, 0.1) is 0 Å². The topological polar surface area (TPSA) is 15.3 Å². The maximum Gasteiger partial charge on any atom is 0.160 e. The van der Waals surface area contributed by atoms with Gasteiger partial charge in [0, 0.05) is 36.9 Å². The lowest BCUT2D eigenvalue weighted by Crippen LogP contribution is -2.57. The van der Waals surface area contributed by atoms with Crippen LogP contribution in [0.2, 0.25) is 0 Å². The first-order valence-electron chi connectivity index (χ1n) is 6.44. The van der Waals surface area contributed by atoms with Crippen molar-refractivity contribution in [2.75, 3.05) is 18.0 Å². The van der Waals surface area contributed by atoms with E-state index in [9.17, 15) is 8.78 Å². The average Bonchev–Trinajstić information content (AvgIpc) is 2.32. The first-order valence-corrected chi connectivity index (χ1v) is 6.44. The van der Waals surface area contributed by atoms with Crippen LogP contribution in [0, 0.1) is 17.6 Å². The molecule has 1 heterocycles. The smallest absolute Gasteiger partial charge is 0.160 e. The lowest BCUT2D eigenvalue weighted by Gasteiger charge is -2.43. The van der Waals surface area contributed by atoms with E-state index in [1.807, 2.05) is 0 Å². The van der Waals surface area contributed by atoms with Gasteiger partial charge in [-0.05, 0) is 25.0 Å². The van der Waals surface area contributed by atoms with Crippen molar-refractivity contribution in [3.63, 3.8) is 0 Å². The minimum Gasteiger partial charge on any atom is -0.365 e. The molecule has 4 heteroatoms. The van der Waals surface area contributed by atoms with Gasteiger partial charge in [-0.1, -0.05) is 13.8 Å². The van der Waals surface area contributed by atoms with E-state index >= 15 is 0 Å². The predicted octanol–water partition coefficient (Wildman–Crippen LogP) is 2.79. The molecule has 1 saturated heterocycles. The molecule has 2 atom stereocenters. The highest BCUT2D eigenvalue weighted by atomic mass is 19.2. The molecule has 0 spiro atoms. The van der Waals surface area contributed by atoms with Crippen LogP contribution in [0.1, 0.15) is 20.8 Å². The SMILES string of the molecule is CC1CN(c2ccc(F)c(F)c2)C(C(C)C)CN1. The minimum atomic E-state index is -0.789. The molecular weight excluding hydrogens is 234 g/mol. The Kier molecular flexibility index (Phi) is 3.85. The zero-order chi connectivity index (χ0) is 13.3. The molecule has 1 aromatic rings. The zero-order valence-corrected chi connectivity index (χ0v) is 11.1. The molecule has 1 aliphatic rings. The van der Waals surface area contributed by atoms with E-state index in [0.717, 1.165) is 18.8 Å². The van der Waals surface area contributed by atoms with E-state index in [1.165, 1.54) is 12.1 Å². The summed E-state index contributed by atoms with van der Waals surface area (Å²) in [5.41, 5.74) is 0.765. The van der Waals surface area contributed by atoms with E-state index < -0.39 is 11.6 Å². The van der Waals surface area contributed by atoms with E-state index in [2.05, 4.69) is 31.0 Å². The number of halogens is 2. The van der Waals surface area contributed by atoms with Gasteiger partial charge in [-0.25, -0.2) is 8.78 Å². The molecule has 1 aromatic carbocycles. The van der Waals surface area contributed by atoms with Crippen LogP contribution in [0.5, 0.6) is 0 Å². The van der Waals surface area contributed by atoms with Crippen molar-refractivity contribution < 1.29 is 8.78 Å². The van der Waals surface area contributed by atoms with Crippen molar-refractivity contribution in [2.24, 2.45) is 5.92 Å². The summed E-state index contributed by atoms with van der Waals surface area (Å²) in [5.74, 6) is -1.11. The van der Waals surface area contributed by atoms with E-state index in [1.54, 1.807) is 6.07 Å². The fourth-order valence-electron chi connectivity index (χ4n) is 2.48. The maximum atomic E-state index is 13.3. The third kappa shape index (κ3) is 2.64. The highest BCUT2D eigenvalue weighted by Gasteiger charge is 2.28. The second-order valence-electron chi connectivity index (χ2n) is 5.37. The number of nitrogens with zero attached hydrogens (tertiary/aromatic N) is 1. The Labute approximate surface area is 107 Å². The number of hydrogen-bond acceptors (Lipinski definition) is 2. The van der Waals surface area contributed by atoms with E-state index in [-0.39, 0.29) is 0 Å². The normalized spacial score (nSPS) is 24.7. The molecule has 1 fully saturated rings. The van der Waals surface area contributed by atoms with Gasteiger partial charge >= 0.3 is 0 Å². The molecule has 2 rings (SSSR count). The molecule has 0 aromatic heterocycles. The molecule has 2 unspecified atom stereocenters. The quantitative estimate of drug-likeness (QED) is 0.873. The summed E-state index contributed by atoms with van der Waals surface area (Å²) in [6, 6.07) is 4.82. The van der Waals surface area contributed by atoms with E-state index in [4.69, 9.17) is 0 Å². The maximum absolute atomic E-state index is 13.3. The van der Waals surface area contributed by atoms with Crippen molar-refractivity contribution in [1.29, 1.82) is 0 Å². The number of benzene rings is 1. The van der Waals surface area contributed by atoms with Gasteiger partial charge in [0.1, 0.15) is 0 Å². The number of rotatable bonds is 2. The Balaban J connectivity index is 2.29. The number of piperazine rings is 1. The number of hydrogen-bond donors (Lipinski definition) is 1. The Hall–Kier alpha value is -1.16. The standard InChI is InChI=1S/C14H20F2N2/c1-9(2)14-7-17-10(3)8-18(14)11-4-5-12(15)13(16)6-11/h4-6,9-10,14,17H,7-8H2,1-3H3. The van der Waals surface area contributed by atoms with Crippen molar-refractivity contribution in [3.8, 4) is 0 Å². The lowest BCUT2D eigenvalue weighted by molar-refractivity contribution is 0.348. The van der Waals surface area contributed by atoms with Crippen LogP contribution in [0.25, 0.3) is 0 Å². The highest BCUT2D eigenvalue weighted by Crippen LogP contribution is 2.25. The first kappa shape index (κ1) is 13.3. The van der Waals surface area contributed by atoms with Gasteiger partial charge in [-0.2, -0.15) is 0 Å². The van der Waals surface area contributed by atoms with Crippen LogP contribution in [0.15, 0.2) is 18.2 Å². The summed E-state index contributed by atoms with van der Waals surface area (Å²) in [5, 5.41) is 3.43. The Morgan fingerprint density at radius 1 is 1.28 bits per heavy atom. The molecule has 2 nitrogen and oxygen atoms in total. The lowest BCUT2D eigenvalue weighted by atomic mass is 9.98. The molecule has 18 heavy (non-hydrogen) atoms. The fraction of sp³-hybridized carbons (Fsp3) is 0.571. The minimum absolute atomic E-state index is 0.311. The summed E-state index contributed by atoms with van der Waals surface area (Å²) in [6.07, 6.45) is 0. The summed E-state index contributed by atoms with van der Waals surface area (Å²) in [4.78, 5) is 2.17. The fourth-order valence-corrected chi connectivity index (χ4v) is 2.48. The summed E-state index contributed by atoms with van der Waals surface area (Å²) < 4.78 is 26.3. The molecule has 100 valence electrons. The van der Waals surface area contributed by atoms with Crippen LogP contribution >= 0.6 is 0 Å². The summed E-state index contributed by atoms with van der Waals surface area (Å²) in [7, 11) is 0. The molecule has 0 amide bonds. The zero-order valence-electron chi connectivity index (χ0n) is 11.1. The van der Waals surface area contributed by atoms with Gasteiger partial charge < -0.3 is 10.2 Å². The van der Waals surface area contributed by atoms with E-state index in [0.29, 0.717) is 18.0 Å². The van der Waals surface area contributed by atoms with Gasteiger partial charge in [0.2, 0.25) is 0 Å². The Morgan fingerprint density at radius 2 is 2.00 bits per heavy atom. The Morgan fingerprint density at radius 3 is 2.61 bits per heavy atom. The van der Waals surface area contributed by atoms with Crippen LogP contribution in [-0.2, 0) is 0 Å². The third-order valence-electron chi connectivity index (χ3n) is 3.55. The third-order valence-corrected chi connectivity index (χ3v) is 3.55. The van der Waals surface area contributed by atoms with Crippen LogP contribution in [-0.4, -0.2) is 25.2 Å². The predicted molar refractivity (Wildman–Crippen MR) is 69.8 cm³/mol. The molecule has 0 saturated carbocycles. The highest BCUT2D eigenvalue weighted by molar-refractivity contribution is 5.49. The average molecular weight is 254 g/mol. The summed E-state index contributed by atoms with van der Waals surface area (Å²) in [6.45, 7) is 8.08. The van der Waals surface area contributed by atoms with Gasteiger partial charge in [-0.3, -0.25) is 0 Å². The molecule has 1 N–H and O–H groups in total. The van der Waals surface area contributed by atoms with Gasteiger partial charge in [-0.15, -0.1) is 0 Å². The van der Waals surface area contributed by atoms with Gasteiger partial charge in [0.25, 0.3) is 0 Å². The molecule has 1 aliphatic heterocycles. The monoisotopic (exact) mass is 254 g/mol. The second kappa shape index (κ2) is 5.22. The number of nitrogens with one attached hydrogen (secondary N) is 1. The van der Waals surface area contributed by atoms with Crippen molar-refractivity contribution in [2.45, 2.75) is 32.9 Å². The largest absolute Gasteiger partial charge is 0.365 e. The van der Waals surface area contributed by atoms with Crippen LogP contribution in [0.4, 0.5) is 14.5 Å². The molecule has 0 radical (unpaired) electrons. The van der Waals surface area contributed by atoms with Crippen molar-refractivity contribution >= 4 is 5.69 Å². The van der Waals surface area contributed by atoms with Gasteiger partial charge in [0.15, 0.2) is 11.6 Å². The van der Waals surface area contributed by atoms with Crippen LogP contribution in [0.3, 0.4) is 0 Å². The first-order chi connectivity index (χ1) is 8.49. The summed E-state index contributed by atoms with van der Waals surface area (Å²) >= 11 is 0. The molecular formula is C14H20F2N2. The Bertz CT molecular complexity index is 420. The van der Waals surface area contributed by atoms with Crippen molar-refractivity contribution in [1.82, 2.24) is 5.32 Å². The van der Waals surface area contributed by atoms with Crippen LogP contribution < -0.4 is 10.2 Å². The molecule has 0 bridgehead atoms. The second-order valence-corrected chi connectivity index (χ2v) is 5.37.